The van der Waals surface area contributed by atoms with Gasteiger partial charge in [0.2, 0.25) is 0 Å². The molecule has 0 spiro atoms. The van der Waals surface area contributed by atoms with Gasteiger partial charge in [0, 0.05) is 25.7 Å². The summed E-state index contributed by atoms with van der Waals surface area (Å²) in [5, 5.41) is 10.6. The summed E-state index contributed by atoms with van der Waals surface area (Å²) < 4.78 is 68.5. The molecule has 0 bridgehead atoms. The third-order valence-corrected chi connectivity index (χ3v) is 19.7. The van der Waals surface area contributed by atoms with Crippen LogP contribution in [-0.4, -0.2) is 96.7 Å². The lowest BCUT2D eigenvalue weighted by Crippen LogP contribution is -2.30. The number of ether oxygens (including phenoxy) is 4. The van der Waals surface area contributed by atoms with Crippen molar-refractivity contribution in [3.05, 3.63) is 0 Å². The van der Waals surface area contributed by atoms with Crippen molar-refractivity contribution in [1.29, 1.82) is 0 Å². The van der Waals surface area contributed by atoms with Crippen LogP contribution in [0.15, 0.2) is 0 Å². The van der Waals surface area contributed by atoms with Crippen molar-refractivity contribution in [2.45, 2.75) is 408 Å². The van der Waals surface area contributed by atoms with E-state index in [-0.39, 0.29) is 25.7 Å². The lowest BCUT2D eigenvalue weighted by atomic mass is 10.0. The van der Waals surface area contributed by atoms with Crippen molar-refractivity contribution in [3.8, 4) is 0 Å². The number of carbonyl (C=O) groups excluding carboxylic acids is 4. The van der Waals surface area contributed by atoms with Gasteiger partial charge < -0.3 is 33.8 Å². The molecule has 570 valence electrons. The first kappa shape index (κ1) is 94.1. The minimum absolute atomic E-state index is 0.106. The van der Waals surface area contributed by atoms with Crippen LogP contribution in [-0.2, 0) is 65.4 Å². The number of aliphatic hydroxyl groups excluding tert-OH is 1. The maximum Gasteiger partial charge on any atom is 0.472 e. The molecule has 0 aliphatic heterocycles. The highest BCUT2D eigenvalue weighted by atomic mass is 31.2. The van der Waals surface area contributed by atoms with Crippen LogP contribution < -0.4 is 0 Å². The van der Waals surface area contributed by atoms with E-state index in [4.69, 9.17) is 37.0 Å². The highest BCUT2D eigenvalue weighted by Gasteiger charge is 2.30. The van der Waals surface area contributed by atoms with Gasteiger partial charge in [0.25, 0.3) is 0 Å². The van der Waals surface area contributed by atoms with E-state index in [1.54, 1.807) is 0 Å². The Morgan fingerprint density at radius 2 is 0.438 bits per heavy atom. The number of aliphatic hydroxyl groups is 1. The van der Waals surface area contributed by atoms with Crippen molar-refractivity contribution in [3.63, 3.8) is 0 Å². The number of phosphoric ester groups is 2. The molecule has 17 nitrogen and oxygen atoms in total. The van der Waals surface area contributed by atoms with Gasteiger partial charge in [-0.1, -0.05) is 338 Å². The number of hydrogen-bond acceptors (Lipinski definition) is 15. The van der Waals surface area contributed by atoms with Gasteiger partial charge in [-0.05, 0) is 49.4 Å². The maximum absolute atomic E-state index is 13.1. The molecule has 0 aromatic rings. The second-order valence-electron chi connectivity index (χ2n) is 29.7. The Hall–Kier alpha value is -1.94. The van der Waals surface area contributed by atoms with Gasteiger partial charge in [-0.2, -0.15) is 0 Å². The summed E-state index contributed by atoms with van der Waals surface area (Å²) in [6.07, 6.45) is 51.7. The molecule has 0 aromatic heterocycles. The Balaban J connectivity index is 5.16. The Morgan fingerprint density at radius 3 is 0.646 bits per heavy atom. The van der Waals surface area contributed by atoms with Crippen LogP contribution in [0, 0.1) is 23.7 Å². The Bertz CT molecular complexity index is 1880. The van der Waals surface area contributed by atoms with Gasteiger partial charge in [0.15, 0.2) is 12.2 Å². The molecular formula is C77H150O17P2. The van der Waals surface area contributed by atoms with Gasteiger partial charge in [0.05, 0.1) is 26.4 Å². The number of phosphoric acid groups is 2. The second kappa shape index (κ2) is 66.3. The van der Waals surface area contributed by atoms with Gasteiger partial charge in [0.1, 0.15) is 19.3 Å². The maximum atomic E-state index is 13.1. The zero-order valence-corrected chi connectivity index (χ0v) is 64.8. The fraction of sp³-hybridized carbons (Fsp3) is 0.948. The molecule has 0 radical (unpaired) electrons. The molecule has 0 heterocycles. The standard InChI is InChI=1S/C77H150O17P2/c1-67(2)53-45-37-29-24-20-16-13-11-9-10-12-14-18-22-26-32-43-51-59-76(81)93-72(63-87-74(79)57-49-41-34-28-31-39-47-55-69(5)6)65-91-95(83,84)89-61-71(78)62-90-96(85,86)92-66-73(64-88-75(80)58-50-42-36-35-40-48-56-70(7)8)94-77(82)60-52-44-33-27-23-19-15-17-21-25-30-38-46-54-68(3)4/h67-73,78H,9-66H2,1-8H3,(H,83,84)(H,85,86)/t71?,72-,73-/m1/s1. The average molecular weight is 1410 g/mol. The third kappa shape index (κ3) is 70.5. The summed E-state index contributed by atoms with van der Waals surface area (Å²) in [5.74, 6) is 0.868. The van der Waals surface area contributed by atoms with Gasteiger partial charge in [-0.15, -0.1) is 0 Å². The SMILES string of the molecule is CC(C)CCCCCCCCCCCCCCCCCCCCC(=O)O[C@H](COC(=O)CCCCCCCCCC(C)C)COP(=O)(O)OCC(O)COP(=O)(O)OC[C@@H](COC(=O)CCCCCCCCC(C)C)OC(=O)CCCCCCCCCCCCCCCC(C)C. The molecule has 0 saturated carbocycles. The van der Waals surface area contributed by atoms with Crippen LogP contribution in [0.2, 0.25) is 0 Å². The van der Waals surface area contributed by atoms with E-state index in [0.29, 0.717) is 37.5 Å². The van der Waals surface area contributed by atoms with Crippen molar-refractivity contribution in [1.82, 2.24) is 0 Å². The number of rotatable bonds is 74. The molecule has 0 amide bonds. The second-order valence-corrected chi connectivity index (χ2v) is 32.6. The highest BCUT2D eigenvalue weighted by molar-refractivity contribution is 7.47. The first-order chi connectivity index (χ1) is 46.1. The molecule has 0 aliphatic carbocycles. The molecule has 0 aromatic carbocycles. The summed E-state index contributed by atoms with van der Waals surface area (Å²) in [6, 6.07) is 0. The van der Waals surface area contributed by atoms with Crippen molar-refractivity contribution in [2.24, 2.45) is 23.7 Å². The topological polar surface area (TPSA) is 237 Å². The molecule has 19 heteroatoms. The van der Waals surface area contributed by atoms with Crippen LogP contribution in [0.5, 0.6) is 0 Å². The molecule has 5 atom stereocenters. The van der Waals surface area contributed by atoms with E-state index in [9.17, 15) is 43.2 Å². The van der Waals surface area contributed by atoms with Gasteiger partial charge in [-0.25, -0.2) is 9.13 Å². The minimum atomic E-state index is -4.96. The van der Waals surface area contributed by atoms with Crippen LogP contribution in [0.4, 0.5) is 0 Å². The summed E-state index contributed by atoms with van der Waals surface area (Å²) in [6.45, 7) is 14.1. The summed E-state index contributed by atoms with van der Waals surface area (Å²) in [4.78, 5) is 72.7. The first-order valence-corrected chi connectivity index (χ1v) is 42.7. The largest absolute Gasteiger partial charge is 0.472 e. The van der Waals surface area contributed by atoms with Crippen molar-refractivity contribution >= 4 is 39.5 Å². The molecule has 0 saturated heterocycles. The molecule has 3 unspecified atom stereocenters. The summed E-state index contributed by atoms with van der Waals surface area (Å²) >= 11 is 0. The number of hydrogen-bond donors (Lipinski definition) is 3. The zero-order chi connectivity index (χ0) is 71.0. The average Bonchev–Trinajstić information content (AvgIpc) is 1.10. The van der Waals surface area contributed by atoms with E-state index in [1.807, 2.05) is 0 Å². The fourth-order valence-corrected chi connectivity index (χ4v) is 13.3. The van der Waals surface area contributed by atoms with Crippen LogP contribution in [0.25, 0.3) is 0 Å². The van der Waals surface area contributed by atoms with Gasteiger partial charge in [-0.3, -0.25) is 37.3 Å². The number of esters is 4. The molecule has 0 rings (SSSR count). The Kier molecular flexibility index (Phi) is 65.0. The molecule has 0 aliphatic rings. The molecule has 3 N–H and O–H groups in total. The highest BCUT2D eigenvalue weighted by Crippen LogP contribution is 2.45. The van der Waals surface area contributed by atoms with E-state index in [2.05, 4.69) is 55.4 Å². The molecular weight excluding hydrogens is 1260 g/mol. The first-order valence-electron chi connectivity index (χ1n) is 39.7. The van der Waals surface area contributed by atoms with E-state index >= 15 is 0 Å². The quantitative estimate of drug-likeness (QED) is 0.0222. The van der Waals surface area contributed by atoms with E-state index in [0.717, 1.165) is 115 Å². The number of carbonyl (C=O) groups is 4. The Labute approximate surface area is 588 Å². The van der Waals surface area contributed by atoms with Crippen LogP contribution in [0.3, 0.4) is 0 Å². The lowest BCUT2D eigenvalue weighted by Gasteiger charge is -2.21. The summed E-state index contributed by atoms with van der Waals surface area (Å²) in [5.41, 5.74) is 0. The minimum Gasteiger partial charge on any atom is -0.462 e. The van der Waals surface area contributed by atoms with Crippen molar-refractivity contribution < 1.29 is 80.2 Å². The molecule has 0 fully saturated rings. The van der Waals surface area contributed by atoms with E-state index < -0.39 is 97.5 Å². The summed E-state index contributed by atoms with van der Waals surface area (Å²) in [7, 11) is -9.91. The van der Waals surface area contributed by atoms with Gasteiger partial charge >= 0.3 is 39.5 Å². The van der Waals surface area contributed by atoms with Crippen molar-refractivity contribution in [2.75, 3.05) is 39.6 Å². The Morgan fingerprint density at radius 1 is 0.260 bits per heavy atom. The third-order valence-electron chi connectivity index (χ3n) is 17.8. The predicted octanol–water partition coefficient (Wildman–Crippen LogP) is 22.4. The monoisotopic (exact) mass is 1410 g/mol. The normalized spacial score (nSPS) is 14.1. The molecule has 96 heavy (non-hydrogen) atoms. The van der Waals surface area contributed by atoms with Crippen LogP contribution in [0.1, 0.15) is 389 Å². The smallest absolute Gasteiger partial charge is 0.462 e. The zero-order valence-electron chi connectivity index (χ0n) is 63.0. The van der Waals surface area contributed by atoms with Crippen LogP contribution >= 0.6 is 15.6 Å². The lowest BCUT2D eigenvalue weighted by molar-refractivity contribution is -0.161. The fourth-order valence-electron chi connectivity index (χ4n) is 11.7. The predicted molar refractivity (Wildman–Crippen MR) is 391 cm³/mol. The van der Waals surface area contributed by atoms with E-state index in [1.165, 1.54) is 180 Å². The number of unbranched alkanes of at least 4 members (excludes halogenated alkanes) is 40.